The van der Waals surface area contributed by atoms with Crippen LogP contribution >= 0.6 is 0 Å². The quantitative estimate of drug-likeness (QED) is 0.858. The van der Waals surface area contributed by atoms with Crippen LogP contribution in [0.4, 0.5) is 8.78 Å². The molecule has 0 aliphatic carbocycles. The average molecular weight is 363 g/mol. The van der Waals surface area contributed by atoms with Gasteiger partial charge in [-0.25, -0.2) is 8.78 Å². The van der Waals surface area contributed by atoms with Gasteiger partial charge in [-0.2, -0.15) is 0 Å². The Bertz CT molecular complexity index is 862. The highest BCUT2D eigenvalue weighted by Crippen LogP contribution is 2.10. The van der Waals surface area contributed by atoms with Gasteiger partial charge in [0.15, 0.2) is 11.6 Å². The van der Waals surface area contributed by atoms with Crippen LogP contribution in [0.3, 0.4) is 0 Å². The third-order valence-electron chi connectivity index (χ3n) is 4.10. The normalized spacial score (nSPS) is 12.3. The maximum Gasteiger partial charge on any atom is 0.263 e. The maximum atomic E-state index is 13.3. The summed E-state index contributed by atoms with van der Waals surface area (Å²) >= 11 is 0. The number of likely N-dealkylation sites (N-methyl/N-ethyl adjacent to an activating group) is 1. The summed E-state index contributed by atoms with van der Waals surface area (Å²) in [4.78, 5) is 27.2. The number of nitrogens with zero attached hydrogens (tertiary/aromatic N) is 2. The lowest BCUT2D eigenvalue weighted by Gasteiger charge is -2.20. The first-order valence-corrected chi connectivity index (χ1v) is 8.29. The highest BCUT2D eigenvalue weighted by atomic mass is 19.2. The van der Waals surface area contributed by atoms with Crippen molar-refractivity contribution in [1.82, 2.24) is 14.8 Å². The van der Waals surface area contributed by atoms with Crippen LogP contribution in [-0.2, 0) is 6.54 Å². The highest BCUT2D eigenvalue weighted by Gasteiger charge is 2.18. The van der Waals surface area contributed by atoms with Gasteiger partial charge in [0.2, 0.25) is 0 Å². The average Bonchev–Trinajstić information content (AvgIpc) is 2.55. The van der Waals surface area contributed by atoms with Gasteiger partial charge in [0, 0.05) is 25.3 Å². The molecule has 0 radical (unpaired) electrons. The van der Waals surface area contributed by atoms with Crippen LogP contribution in [0.15, 0.2) is 35.3 Å². The largest absolute Gasteiger partial charge is 0.348 e. The van der Waals surface area contributed by atoms with Crippen LogP contribution in [0.25, 0.3) is 0 Å². The number of carbonyl (C=O) groups excluding carboxylic acids is 1. The summed E-state index contributed by atoms with van der Waals surface area (Å²) in [6.07, 6.45) is 1.68. The molecule has 1 unspecified atom stereocenters. The van der Waals surface area contributed by atoms with E-state index >= 15 is 0 Å². The fourth-order valence-electron chi connectivity index (χ4n) is 2.80. The van der Waals surface area contributed by atoms with E-state index in [-0.39, 0.29) is 23.7 Å². The summed E-state index contributed by atoms with van der Waals surface area (Å²) in [6, 6.07) is 5.02. The number of carbonyl (C=O) groups is 1. The van der Waals surface area contributed by atoms with E-state index in [1.54, 1.807) is 19.2 Å². The van der Waals surface area contributed by atoms with Gasteiger partial charge in [-0.3, -0.25) is 9.59 Å². The minimum absolute atomic E-state index is 0.00292. The van der Waals surface area contributed by atoms with Crippen LogP contribution in [-0.4, -0.2) is 36.0 Å². The van der Waals surface area contributed by atoms with E-state index in [0.29, 0.717) is 17.7 Å². The lowest BCUT2D eigenvalue weighted by Crippen LogP contribution is -2.36. The van der Waals surface area contributed by atoms with Crippen LogP contribution in [0.5, 0.6) is 0 Å². The molecule has 5 nitrogen and oxygen atoms in total. The summed E-state index contributed by atoms with van der Waals surface area (Å²) in [5, 5.41) is 2.60. The Morgan fingerprint density at radius 2 is 1.92 bits per heavy atom. The van der Waals surface area contributed by atoms with E-state index in [1.807, 2.05) is 25.9 Å². The first kappa shape index (κ1) is 19.8. The number of rotatable bonds is 6. The van der Waals surface area contributed by atoms with Gasteiger partial charge in [-0.05, 0) is 57.3 Å². The molecule has 0 spiro atoms. The molecule has 1 aromatic carbocycles. The SMILES string of the molecule is Cc1ccn(C(C)CN(C)C)c(=O)c1C(=O)NCc1ccc(F)c(F)c1. The lowest BCUT2D eigenvalue weighted by atomic mass is 10.1. The number of amides is 1. The van der Waals surface area contributed by atoms with Crippen LogP contribution in [0.1, 0.15) is 34.5 Å². The molecule has 0 saturated heterocycles. The van der Waals surface area contributed by atoms with Crippen molar-refractivity contribution in [1.29, 1.82) is 0 Å². The zero-order chi connectivity index (χ0) is 19.4. The molecule has 2 aromatic rings. The Hall–Kier alpha value is -2.54. The highest BCUT2D eigenvalue weighted by molar-refractivity contribution is 5.95. The molecule has 1 aromatic heterocycles. The number of benzene rings is 1. The number of hydrogen-bond donors (Lipinski definition) is 1. The zero-order valence-corrected chi connectivity index (χ0v) is 15.3. The van der Waals surface area contributed by atoms with Gasteiger partial charge in [0.25, 0.3) is 11.5 Å². The van der Waals surface area contributed by atoms with E-state index in [4.69, 9.17) is 0 Å². The monoisotopic (exact) mass is 363 g/mol. The smallest absolute Gasteiger partial charge is 0.263 e. The molecule has 0 aliphatic rings. The number of aryl methyl sites for hydroxylation is 1. The second-order valence-electron chi connectivity index (χ2n) is 6.63. The van der Waals surface area contributed by atoms with E-state index in [2.05, 4.69) is 5.32 Å². The third kappa shape index (κ3) is 4.54. The van der Waals surface area contributed by atoms with Crippen molar-refractivity contribution >= 4 is 5.91 Å². The Balaban J connectivity index is 2.22. The van der Waals surface area contributed by atoms with E-state index < -0.39 is 17.5 Å². The van der Waals surface area contributed by atoms with Crippen molar-refractivity contribution in [2.45, 2.75) is 26.4 Å². The molecular formula is C19H23F2N3O2. The van der Waals surface area contributed by atoms with Gasteiger partial charge in [-0.15, -0.1) is 0 Å². The Morgan fingerprint density at radius 1 is 1.23 bits per heavy atom. The molecule has 140 valence electrons. The molecule has 1 N–H and O–H groups in total. The van der Waals surface area contributed by atoms with Crippen molar-refractivity contribution in [3.8, 4) is 0 Å². The summed E-state index contributed by atoms with van der Waals surface area (Å²) in [5.74, 6) is -2.46. The Morgan fingerprint density at radius 3 is 2.54 bits per heavy atom. The van der Waals surface area contributed by atoms with Crippen molar-refractivity contribution in [2.75, 3.05) is 20.6 Å². The molecule has 0 aliphatic heterocycles. The van der Waals surface area contributed by atoms with Crippen molar-refractivity contribution in [3.05, 3.63) is 69.1 Å². The minimum atomic E-state index is -0.979. The van der Waals surface area contributed by atoms with Gasteiger partial charge < -0.3 is 14.8 Å². The van der Waals surface area contributed by atoms with E-state index in [0.717, 1.165) is 12.1 Å². The molecule has 26 heavy (non-hydrogen) atoms. The molecule has 1 amide bonds. The number of hydrogen-bond acceptors (Lipinski definition) is 3. The molecule has 0 fully saturated rings. The Labute approximate surface area is 151 Å². The molecular weight excluding hydrogens is 340 g/mol. The molecule has 1 heterocycles. The summed E-state index contributed by atoms with van der Waals surface area (Å²) in [7, 11) is 3.82. The molecule has 0 saturated carbocycles. The van der Waals surface area contributed by atoms with Crippen molar-refractivity contribution in [2.24, 2.45) is 0 Å². The number of pyridine rings is 1. The van der Waals surface area contributed by atoms with Gasteiger partial charge in [0.1, 0.15) is 5.56 Å². The molecule has 2 rings (SSSR count). The molecule has 1 atom stereocenters. The maximum absolute atomic E-state index is 13.3. The second kappa shape index (κ2) is 8.23. The lowest BCUT2D eigenvalue weighted by molar-refractivity contribution is 0.0948. The summed E-state index contributed by atoms with van der Waals surface area (Å²) in [5.41, 5.74) is 0.654. The second-order valence-corrected chi connectivity index (χ2v) is 6.63. The number of aromatic nitrogens is 1. The van der Waals surface area contributed by atoms with Crippen LogP contribution in [0.2, 0.25) is 0 Å². The van der Waals surface area contributed by atoms with Crippen molar-refractivity contribution in [3.63, 3.8) is 0 Å². The third-order valence-corrected chi connectivity index (χ3v) is 4.10. The number of halogens is 2. The predicted octanol–water partition coefficient (Wildman–Crippen LogP) is 2.49. The fourth-order valence-corrected chi connectivity index (χ4v) is 2.80. The standard InChI is InChI=1S/C19H23F2N3O2/c1-12-7-8-24(13(2)11-23(3)4)19(26)17(12)18(25)22-10-14-5-6-15(20)16(21)9-14/h5-9,13H,10-11H2,1-4H3,(H,22,25). The van der Waals surface area contributed by atoms with Gasteiger partial charge in [0.05, 0.1) is 0 Å². The number of nitrogens with one attached hydrogen (secondary N) is 1. The van der Waals surface area contributed by atoms with Gasteiger partial charge >= 0.3 is 0 Å². The molecule has 7 heteroatoms. The van der Waals surface area contributed by atoms with Crippen molar-refractivity contribution < 1.29 is 13.6 Å². The van der Waals surface area contributed by atoms with E-state index in [9.17, 15) is 18.4 Å². The summed E-state index contributed by atoms with van der Waals surface area (Å²) in [6.45, 7) is 4.24. The van der Waals surface area contributed by atoms with E-state index in [1.165, 1.54) is 10.6 Å². The predicted molar refractivity (Wildman–Crippen MR) is 96.2 cm³/mol. The summed E-state index contributed by atoms with van der Waals surface area (Å²) < 4.78 is 27.8. The zero-order valence-electron chi connectivity index (χ0n) is 15.3. The minimum Gasteiger partial charge on any atom is -0.348 e. The van der Waals surface area contributed by atoms with Gasteiger partial charge in [-0.1, -0.05) is 6.07 Å². The van der Waals surface area contributed by atoms with Crippen LogP contribution < -0.4 is 10.9 Å². The fraction of sp³-hybridized carbons (Fsp3) is 0.368. The topological polar surface area (TPSA) is 54.3 Å². The Kier molecular flexibility index (Phi) is 6.26. The first-order valence-electron chi connectivity index (χ1n) is 8.29. The van der Waals surface area contributed by atoms with Crippen LogP contribution in [0, 0.1) is 18.6 Å². The first-order chi connectivity index (χ1) is 12.2. The molecule has 0 bridgehead atoms.